The third-order valence-electron chi connectivity index (χ3n) is 2.35. The van der Waals surface area contributed by atoms with E-state index < -0.39 is 12.3 Å². The Kier molecular flexibility index (Phi) is 4.49. The van der Waals surface area contributed by atoms with Crippen LogP contribution in [0.1, 0.15) is 6.42 Å². The smallest absolute Gasteiger partial charge is 0.481 e. The molecular weight excluding hydrogens is 307 g/mol. The van der Waals surface area contributed by atoms with Gasteiger partial charge in [0.1, 0.15) is 18.7 Å². The summed E-state index contributed by atoms with van der Waals surface area (Å²) in [5.74, 6) is -1.37. The lowest BCUT2D eigenvalue weighted by atomic mass is 10.3. The maximum absolute atomic E-state index is 12.0. The van der Waals surface area contributed by atoms with Crippen molar-refractivity contribution in [2.45, 2.75) is 12.8 Å². The molecule has 2 aromatic rings. The first-order chi connectivity index (χ1) is 10.3. The van der Waals surface area contributed by atoms with Crippen LogP contribution in [0, 0.1) is 0 Å². The van der Waals surface area contributed by atoms with Crippen molar-refractivity contribution < 1.29 is 32.5 Å². The summed E-state index contributed by atoms with van der Waals surface area (Å²) in [6.07, 6.45) is -3.66. The van der Waals surface area contributed by atoms with E-state index >= 15 is 0 Å². The van der Waals surface area contributed by atoms with Crippen LogP contribution in [0.4, 0.5) is 13.2 Å². The van der Waals surface area contributed by atoms with Crippen LogP contribution in [0.15, 0.2) is 30.6 Å². The van der Waals surface area contributed by atoms with Gasteiger partial charge in [-0.25, -0.2) is 4.68 Å². The molecule has 0 amide bonds. The van der Waals surface area contributed by atoms with Crippen LogP contribution < -0.4 is 9.47 Å². The van der Waals surface area contributed by atoms with Gasteiger partial charge in [-0.3, -0.25) is 4.79 Å². The first-order valence-corrected chi connectivity index (χ1v) is 5.96. The maximum Gasteiger partial charge on any atom is 0.573 e. The molecule has 22 heavy (non-hydrogen) atoms. The second-order valence-electron chi connectivity index (χ2n) is 4.01. The molecule has 0 atom stereocenters. The van der Waals surface area contributed by atoms with Gasteiger partial charge in [-0.05, 0) is 24.3 Å². The highest BCUT2D eigenvalue weighted by atomic mass is 19.4. The average Bonchev–Trinajstić information content (AvgIpc) is 2.86. The molecule has 0 bridgehead atoms. The molecule has 0 radical (unpaired) electrons. The van der Waals surface area contributed by atoms with Crippen molar-refractivity contribution in [3.05, 3.63) is 30.6 Å². The lowest BCUT2D eigenvalue weighted by Gasteiger charge is -2.09. The Morgan fingerprint density at radius 3 is 2.55 bits per heavy atom. The van der Waals surface area contributed by atoms with Gasteiger partial charge in [-0.2, -0.15) is 4.98 Å². The zero-order chi connectivity index (χ0) is 16.2. The van der Waals surface area contributed by atoms with Gasteiger partial charge in [-0.15, -0.1) is 18.3 Å². The van der Waals surface area contributed by atoms with Crippen LogP contribution in [-0.4, -0.2) is 38.8 Å². The van der Waals surface area contributed by atoms with Gasteiger partial charge >= 0.3 is 18.3 Å². The van der Waals surface area contributed by atoms with Crippen molar-refractivity contribution in [1.82, 2.24) is 14.8 Å². The van der Waals surface area contributed by atoms with Crippen molar-refractivity contribution in [2.24, 2.45) is 0 Å². The van der Waals surface area contributed by atoms with Crippen LogP contribution in [0.5, 0.6) is 11.8 Å². The Balaban J connectivity index is 2.00. The molecule has 0 spiro atoms. The number of aliphatic carboxylic acids is 1. The molecule has 1 aromatic heterocycles. The van der Waals surface area contributed by atoms with E-state index in [-0.39, 0.29) is 24.8 Å². The molecular formula is C12H10F3N3O4. The molecule has 0 unspecified atom stereocenters. The van der Waals surface area contributed by atoms with Crippen LogP contribution in [-0.2, 0) is 4.79 Å². The van der Waals surface area contributed by atoms with E-state index in [0.29, 0.717) is 5.69 Å². The fraction of sp³-hybridized carbons (Fsp3) is 0.250. The normalized spacial score (nSPS) is 11.2. The first-order valence-electron chi connectivity index (χ1n) is 5.96. The predicted octanol–water partition coefficient (Wildman–Crippen LogP) is 2.02. The summed E-state index contributed by atoms with van der Waals surface area (Å²) in [6, 6.07) is 4.95. The van der Waals surface area contributed by atoms with Crippen LogP contribution in [0.3, 0.4) is 0 Å². The summed E-state index contributed by atoms with van der Waals surface area (Å²) in [4.78, 5) is 14.1. The van der Waals surface area contributed by atoms with Crippen molar-refractivity contribution in [3.8, 4) is 17.4 Å². The number of ether oxygens (including phenoxy) is 2. The number of carboxylic acids is 1. The number of carbonyl (C=O) groups is 1. The number of aromatic nitrogens is 3. The highest BCUT2D eigenvalue weighted by Crippen LogP contribution is 2.23. The molecule has 118 valence electrons. The first kappa shape index (κ1) is 15.6. The largest absolute Gasteiger partial charge is 0.573 e. The molecule has 0 saturated heterocycles. The average molecular weight is 317 g/mol. The number of halogens is 3. The Morgan fingerprint density at radius 1 is 1.27 bits per heavy atom. The van der Waals surface area contributed by atoms with Gasteiger partial charge in [-0.1, -0.05) is 0 Å². The molecule has 0 fully saturated rings. The molecule has 0 saturated carbocycles. The van der Waals surface area contributed by atoms with E-state index in [1.807, 2.05) is 0 Å². The van der Waals surface area contributed by atoms with Crippen molar-refractivity contribution in [3.63, 3.8) is 0 Å². The lowest BCUT2D eigenvalue weighted by molar-refractivity contribution is -0.274. The Bertz CT molecular complexity index is 640. The van der Waals surface area contributed by atoms with E-state index in [2.05, 4.69) is 14.8 Å². The fourth-order valence-corrected chi connectivity index (χ4v) is 1.47. The van der Waals surface area contributed by atoms with E-state index in [4.69, 9.17) is 9.84 Å². The number of hydrogen-bond acceptors (Lipinski definition) is 5. The maximum atomic E-state index is 12.0. The van der Waals surface area contributed by atoms with E-state index in [9.17, 15) is 18.0 Å². The third kappa shape index (κ3) is 4.65. The van der Waals surface area contributed by atoms with E-state index in [0.717, 1.165) is 12.1 Å². The molecule has 7 nitrogen and oxygen atoms in total. The zero-order valence-electron chi connectivity index (χ0n) is 10.9. The number of benzene rings is 1. The van der Waals surface area contributed by atoms with Gasteiger partial charge in [0.05, 0.1) is 12.1 Å². The predicted molar refractivity (Wildman–Crippen MR) is 65.8 cm³/mol. The van der Waals surface area contributed by atoms with Crippen molar-refractivity contribution in [1.29, 1.82) is 0 Å². The minimum absolute atomic E-state index is 0.0307. The van der Waals surface area contributed by atoms with E-state index in [1.54, 1.807) is 0 Å². The van der Waals surface area contributed by atoms with Crippen LogP contribution in [0.25, 0.3) is 5.69 Å². The Morgan fingerprint density at radius 2 is 1.95 bits per heavy atom. The minimum atomic E-state index is -4.75. The number of rotatable bonds is 6. The van der Waals surface area contributed by atoms with Gasteiger partial charge in [0.15, 0.2) is 0 Å². The quantitative estimate of drug-likeness (QED) is 0.877. The Labute approximate surface area is 121 Å². The van der Waals surface area contributed by atoms with Crippen LogP contribution >= 0.6 is 0 Å². The minimum Gasteiger partial charge on any atom is -0.481 e. The second-order valence-corrected chi connectivity index (χ2v) is 4.01. The molecule has 2 rings (SSSR count). The molecule has 1 N–H and O–H groups in total. The standard InChI is InChI=1S/C12H10F3N3O4/c13-12(14,15)22-9-3-1-8(2-4-9)18-7-16-11(17-18)21-6-5-10(19)20/h1-4,7H,5-6H2,(H,19,20). The summed E-state index contributed by atoms with van der Waals surface area (Å²) < 4.78 is 46.1. The van der Waals surface area contributed by atoms with Crippen molar-refractivity contribution >= 4 is 5.97 Å². The molecule has 10 heteroatoms. The fourth-order valence-electron chi connectivity index (χ4n) is 1.47. The number of hydrogen-bond donors (Lipinski definition) is 1. The monoisotopic (exact) mass is 317 g/mol. The molecule has 0 aliphatic rings. The topological polar surface area (TPSA) is 86.5 Å². The third-order valence-corrected chi connectivity index (χ3v) is 2.35. The number of alkyl halides is 3. The van der Waals surface area contributed by atoms with Crippen LogP contribution in [0.2, 0.25) is 0 Å². The molecule has 0 aliphatic carbocycles. The second kappa shape index (κ2) is 6.33. The SMILES string of the molecule is O=C(O)CCOc1ncn(-c2ccc(OC(F)(F)F)cc2)n1. The zero-order valence-corrected chi connectivity index (χ0v) is 10.9. The molecule has 1 aromatic carbocycles. The van der Waals surface area contributed by atoms with E-state index in [1.165, 1.54) is 23.1 Å². The summed E-state index contributed by atoms with van der Waals surface area (Å²) >= 11 is 0. The number of nitrogens with zero attached hydrogens (tertiary/aromatic N) is 3. The van der Waals surface area contributed by atoms with Gasteiger partial charge < -0.3 is 14.6 Å². The van der Waals surface area contributed by atoms with Gasteiger partial charge in [0.2, 0.25) is 0 Å². The molecule has 1 heterocycles. The summed E-state index contributed by atoms with van der Waals surface area (Å²) in [5, 5.41) is 12.4. The lowest BCUT2D eigenvalue weighted by Crippen LogP contribution is -2.17. The highest BCUT2D eigenvalue weighted by molar-refractivity contribution is 5.66. The summed E-state index contributed by atoms with van der Waals surface area (Å²) in [6.45, 7) is -0.0856. The van der Waals surface area contributed by atoms with Gasteiger partial charge in [0, 0.05) is 0 Å². The summed E-state index contributed by atoms with van der Waals surface area (Å²) in [7, 11) is 0. The Hall–Kier alpha value is -2.78. The van der Waals surface area contributed by atoms with Crippen molar-refractivity contribution in [2.75, 3.05) is 6.61 Å². The van der Waals surface area contributed by atoms with Gasteiger partial charge in [0.25, 0.3) is 0 Å². The molecule has 0 aliphatic heterocycles. The summed E-state index contributed by atoms with van der Waals surface area (Å²) in [5.41, 5.74) is 0.440. The highest BCUT2D eigenvalue weighted by Gasteiger charge is 2.30. The number of carboxylic acid groups (broad SMARTS) is 1.